The first-order valence-electron chi connectivity index (χ1n) is 7.28. The monoisotopic (exact) mass is 295 g/mol. The third kappa shape index (κ3) is 2.78. The van der Waals surface area contributed by atoms with Crippen molar-refractivity contribution >= 4 is 11.7 Å². The lowest BCUT2D eigenvalue weighted by Crippen LogP contribution is -2.37. The fourth-order valence-corrected chi connectivity index (χ4v) is 2.76. The van der Waals surface area contributed by atoms with Crippen molar-refractivity contribution in [1.82, 2.24) is 4.90 Å². The molecular formula is C18H17NO3. The lowest BCUT2D eigenvalue weighted by molar-refractivity contribution is -0.116. The number of likely N-dealkylation sites (tertiary alicyclic amines) is 1. The molecule has 1 amide bonds. The maximum absolute atomic E-state index is 12.5. The summed E-state index contributed by atoms with van der Waals surface area (Å²) in [5.41, 5.74) is 2.66. The molecule has 1 fully saturated rings. The molecule has 0 saturated carbocycles. The molecule has 1 aliphatic rings. The van der Waals surface area contributed by atoms with Gasteiger partial charge in [0.2, 0.25) is 0 Å². The number of benzene rings is 2. The van der Waals surface area contributed by atoms with Crippen LogP contribution in [0.4, 0.5) is 0 Å². The van der Waals surface area contributed by atoms with Crippen LogP contribution in [0.15, 0.2) is 54.6 Å². The number of ketones is 1. The van der Waals surface area contributed by atoms with Crippen molar-refractivity contribution in [3.63, 3.8) is 0 Å². The van der Waals surface area contributed by atoms with Gasteiger partial charge in [-0.25, -0.2) is 0 Å². The first kappa shape index (κ1) is 14.5. The third-order valence-electron chi connectivity index (χ3n) is 3.96. The molecule has 0 radical (unpaired) electrons. The normalized spacial score (nSPS) is 17.8. The Morgan fingerprint density at radius 1 is 1.05 bits per heavy atom. The van der Waals surface area contributed by atoms with Gasteiger partial charge < -0.3 is 10.0 Å². The Labute approximate surface area is 129 Å². The van der Waals surface area contributed by atoms with Crippen LogP contribution in [0, 0.1) is 0 Å². The molecule has 1 N–H and O–H groups in total. The van der Waals surface area contributed by atoms with Crippen LogP contribution in [-0.4, -0.2) is 40.9 Å². The highest BCUT2D eigenvalue weighted by Gasteiger charge is 2.33. The number of hydrogen-bond acceptors (Lipinski definition) is 3. The van der Waals surface area contributed by atoms with E-state index in [1.54, 1.807) is 12.1 Å². The molecule has 112 valence electrons. The van der Waals surface area contributed by atoms with E-state index in [9.17, 15) is 14.7 Å². The summed E-state index contributed by atoms with van der Waals surface area (Å²) < 4.78 is 0. The van der Waals surface area contributed by atoms with E-state index in [0.717, 1.165) is 11.1 Å². The largest absolute Gasteiger partial charge is 0.394 e. The number of rotatable bonds is 3. The van der Waals surface area contributed by atoms with Gasteiger partial charge in [0.15, 0.2) is 5.78 Å². The summed E-state index contributed by atoms with van der Waals surface area (Å²) in [6, 6.07) is 16.9. The molecule has 0 aromatic heterocycles. The number of aliphatic hydroxyl groups is 1. The Balaban J connectivity index is 1.81. The topological polar surface area (TPSA) is 57.6 Å². The molecule has 0 spiro atoms. The molecule has 2 aromatic carbocycles. The summed E-state index contributed by atoms with van der Waals surface area (Å²) in [5.74, 6) is -0.210. The molecule has 1 saturated heterocycles. The molecule has 0 aliphatic carbocycles. The first-order chi connectivity index (χ1) is 10.7. The van der Waals surface area contributed by atoms with Gasteiger partial charge in [-0.2, -0.15) is 0 Å². The Hall–Kier alpha value is -2.46. The van der Waals surface area contributed by atoms with Crippen LogP contribution in [0.3, 0.4) is 0 Å². The van der Waals surface area contributed by atoms with E-state index in [4.69, 9.17) is 0 Å². The number of carbonyl (C=O) groups excluding carboxylic acids is 2. The Bertz CT molecular complexity index is 679. The zero-order valence-electron chi connectivity index (χ0n) is 12.1. The number of nitrogens with zero attached hydrogens (tertiary/aromatic N) is 1. The van der Waals surface area contributed by atoms with Gasteiger partial charge in [0, 0.05) is 12.0 Å². The van der Waals surface area contributed by atoms with Gasteiger partial charge in [-0.15, -0.1) is 0 Å². The molecule has 3 rings (SSSR count). The fraction of sp³-hybridized carbons (Fsp3) is 0.222. The van der Waals surface area contributed by atoms with Gasteiger partial charge >= 0.3 is 0 Å². The quantitative estimate of drug-likeness (QED) is 0.943. The Kier molecular flexibility index (Phi) is 4.02. The standard InChI is InChI=1S/C18H17NO3/c20-12-16-10-17(21)11-19(16)18(22)15-8-6-14(7-9-15)13-4-2-1-3-5-13/h1-9,16,20H,10-12H2. The van der Waals surface area contributed by atoms with Gasteiger partial charge in [0.05, 0.1) is 19.2 Å². The summed E-state index contributed by atoms with van der Waals surface area (Å²) in [5, 5.41) is 9.30. The molecule has 0 bridgehead atoms. The van der Waals surface area contributed by atoms with Crippen LogP contribution in [0.1, 0.15) is 16.8 Å². The van der Waals surface area contributed by atoms with Crippen LogP contribution in [0.25, 0.3) is 11.1 Å². The number of amides is 1. The molecule has 1 unspecified atom stereocenters. The summed E-state index contributed by atoms with van der Waals surface area (Å²) in [6.07, 6.45) is 0.240. The van der Waals surface area contributed by atoms with Crippen molar-refractivity contribution in [1.29, 1.82) is 0 Å². The SMILES string of the molecule is O=C1CC(CO)N(C(=O)c2ccc(-c3ccccc3)cc2)C1. The van der Waals surface area contributed by atoms with Gasteiger partial charge in [-0.3, -0.25) is 9.59 Å². The van der Waals surface area contributed by atoms with Crippen molar-refractivity contribution < 1.29 is 14.7 Å². The predicted octanol–water partition coefficient (Wildman–Crippen LogP) is 2.13. The zero-order valence-corrected chi connectivity index (χ0v) is 12.1. The van der Waals surface area contributed by atoms with Crippen molar-refractivity contribution in [2.75, 3.05) is 13.2 Å². The molecule has 4 nitrogen and oxygen atoms in total. The summed E-state index contributed by atoms with van der Waals surface area (Å²) >= 11 is 0. The summed E-state index contributed by atoms with van der Waals surface area (Å²) in [7, 11) is 0. The van der Waals surface area contributed by atoms with E-state index in [1.807, 2.05) is 42.5 Å². The minimum Gasteiger partial charge on any atom is -0.394 e. The summed E-state index contributed by atoms with van der Waals surface area (Å²) in [6.45, 7) is -0.0932. The number of Topliss-reactive ketones (excluding diaryl/α,β-unsaturated/α-hetero) is 1. The van der Waals surface area contributed by atoms with Gasteiger partial charge in [0.25, 0.3) is 5.91 Å². The first-order valence-corrected chi connectivity index (χ1v) is 7.28. The number of aliphatic hydroxyl groups excluding tert-OH is 1. The second kappa shape index (κ2) is 6.12. The maximum atomic E-state index is 12.5. The van der Waals surface area contributed by atoms with Crippen molar-refractivity contribution in [2.45, 2.75) is 12.5 Å². The Morgan fingerprint density at radius 3 is 2.32 bits per heavy atom. The second-order valence-electron chi connectivity index (χ2n) is 5.46. The van der Waals surface area contributed by atoms with Crippen LogP contribution in [-0.2, 0) is 4.79 Å². The van der Waals surface area contributed by atoms with Crippen LogP contribution in [0.5, 0.6) is 0 Å². The lowest BCUT2D eigenvalue weighted by Gasteiger charge is -2.22. The second-order valence-corrected chi connectivity index (χ2v) is 5.46. The van der Waals surface area contributed by atoms with E-state index in [1.165, 1.54) is 4.90 Å². The number of hydrogen-bond donors (Lipinski definition) is 1. The van der Waals surface area contributed by atoms with Crippen molar-refractivity contribution in [3.8, 4) is 11.1 Å². The van der Waals surface area contributed by atoms with E-state index < -0.39 is 6.04 Å². The molecule has 1 heterocycles. The lowest BCUT2D eigenvalue weighted by atomic mass is 10.0. The molecular weight excluding hydrogens is 278 g/mol. The third-order valence-corrected chi connectivity index (χ3v) is 3.96. The zero-order chi connectivity index (χ0) is 15.5. The van der Waals surface area contributed by atoms with Crippen LogP contribution in [0.2, 0.25) is 0 Å². The molecule has 1 atom stereocenters. The summed E-state index contributed by atoms with van der Waals surface area (Å²) in [4.78, 5) is 25.4. The minimum absolute atomic E-state index is 0.00620. The van der Waals surface area contributed by atoms with E-state index in [2.05, 4.69) is 0 Å². The molecule has 2 aromatic rings. The average molecular weight is 295 g/mol. The van der Waals surface area contributed by atoms with Gasteiger partial charge in [-0.1, -0.05) is 42.5 Å². The fourth-order valence-electron chi connectivity index (χ4n) is 2.76. The minimum atomic E-state index is -0.395. The van der Waals surface area contributed by atoms with Crippen LogP contribution >= 0.6 is 0 Å². The predicted molar refractivity (Wildman–Crippen MR) is 83.4 cm³/mol. The van der Waals surface area contributed by atoms with Crippen molar-refractivity contribution in [2.24, 2.45) is 0 Å². The highest BCUT2D eigenvalue weighted by atomic mass is 16.3. The van der Waals surface area contributed by atoms with E-state index in [0.29, 0.717) is 5.56 Å². The number of carbonyl (C=O) groups is 2. The maximum Gasteiger partial charge on any atom is 0.254 e. The van der Waals surface area contributed by atoms with Gasteiger partial charge in [0.1, 0.15) is 0 Å². The molecule has 22 heavy (non-hydrogen) atoms. The van der Waals surface area contributed by atoms with Crippen molar-refractivity contribution in [3.05, 3.63) is 60.2 Å². The molecule has 4 heteroatoms. The Morgan fingerprint density at radius 2 is 1.68 bits per heavy atom. The smallest absolute Gasteiger partial charge is 0.254 e. The van der Waals surface area contributed by atoms with Gasteiger partial charge in [-0.05, 0) is 23.3 Å². The average Bonchev–Trinajstić information content (AvgIpc) is 2.96. The van der Waals surface area contributed by atoms with E-state index >= 15 is 0 Å². The van der Waals surface area contributed by atoms with Crippen LogP contribution < -0.4 is 0 Å². The molecule has 1 aliphatic heterocycles. The van der Waals surface area contributed by atoms with E-state index in [-0.39, 0.29) is 31.3 Å². The highest BCUT2D eigenvalue weighted by molar-refractivity contribution is 5.99. The highest BCUT2D eigenvalue weighted by Crippen LogP contribution is 2.22.